The summed E-state index contributed by atoms with van der Waals surface area (Å²) in [6, 6.07) is 7.03. The van der Waals surface area contributed by atoms with Crippen LogP contribution in [0.15, 0.2) is 29.2 Å². The standard InChI is InChI=1S/C14H21NO3S/c1-12-6-3-4-7-13(12)19(17,18)15-10-5-8-14(2,16)9-11-15/h3-4,6-7,16H,5,8-11H2,1-2H3. The molecule has 1 fully saturated rings. The third-order valence-corrected chi connectivity index (χ3v) is 5.79. The summed E-state index contributed by atoms with van der Waals surface area (Å²) < 4.78 is 26.7. The number of hydrogen-bond donors (Lipinski definition) is 1. The van der Waals surface area contributed by atoms with Crippen LogP contribution in [0.25, 0.3) is 0 Å². The van der Waals surface area contributed by atoms with E-state index < -0.39 is 15.6 Å². The topological polar surface area (TPSA) is 57.6 Å². The third-order valence-electron chi connectivity index (χ3n) is 3.73. The molecule has 1 aliphatic heterocycles. The molecule has 106 valence electrons. The van der Waals surface area contributed by atoms with Gasteiger partial charge in [-0.15, -0.1) is 0 Å². The van der Waals surface area contributed by atoms with Crippen LogP contribution in [0.4, 0.5) is 0 Å². The molecule has 1 N–H and O–H groups in total. The van der Waals surface area contributed by atoms with Gasteiger partial charge in [-0.05, 0) is 44.7 Å². The Morgan fingerprint density at radius 1 is 1.21 bits per heavy atom. The second-order valence-electron chi connectivity index (χ2n) is 5.52. The van der Waals surface area contributed by atoms with Gasteiger partial charge in [0.15, 0.2) is 0 Å². The van der Waals surface area contributed by atoms with Crippen LogP contribution in [-0.2, 0) is 10.0 Å². The van der Waals surface area contributed by atoms with Crippen molar-refractivity contribution in [2.45, 2.75) is 43.6 Å². The largest absolute Gasteiger partial charge is 0.390 e. The number of hydrogen-bond acceptors (Lipinski definition) is 3. The lowest BCUT2D eigenvalue weighted by Gasteiger charge is -2.22. The Hall–Kier alpha value is -0.910. The summed E-state index contributed by atoms with van der Waals surface area (Å²) in [6.07, 6.45) is 1.82. The lowest BCUT2D eigenvalue weighted by molar-refractivity contribution is 0.0465. The van der Waals surface area contributed by atoms with Gasteiger partial charge >= 0.3 is 0 Å². The van der Waals surface area contributed by atoms with Gasteiger partial charge in [-0.1, -0.05) is 18.2 Å². The second-order valence-corrected chi connectivity index (χ2v) is 7.43. The van der Waals surface area contributed by atoms with Gasteiger partial charge in [0.05, 0.1) is 10.5 Å². The second kappa shape index (κ2) is 5.23. The average Bonchev–Trinajstić information content (AvgIpc) is 2.51. The maximum Gasteiger partial charge on any atom is 0.243 e. The number of aliphatic hydroxyl groups is 1. The van der Waals surface area contributed by atoms with Gasteiger partial charge in [0.1, 0.15) is 0 Å². The molecule has 0 aliphatic carbocycles. The molecular weight excluding hydrogens is 262 g/mol. The van der Waals surface area contributed by atoms with Crippen molar-refractivity contribution in [1.82, 2.24) is 4.31 Å². The van der Waals surface area contributed by atoms with Crippen LogP contribution in [0.2, 0.25) is 0 Å². The lowest BCUT2D eigenvalue weighted by Crippen LogP contribution is -2.33. The van der Waals surface area contributed by atoms with Crippen molar-refractivity contribution in [3.63, 3.8) is 0 Å². The summed E-state index contributed by atoms with van der Waals surface area (Å²) in [5.41, 5.74) is 0.00854. The molecule has 1 aromatic rings. The zero-order valence-corrected chi connectivity index (χ0v) is 12.3. The Balaban J connectivity index is 2.28. The van der Waals surface area contributed by atoms with Gasteiger partial charge in [-0.2, -0.15) is 4.31 Å². The number of sulfonamides is 1. The lowest BCUT2D eigenvalue weighted by atomic mass is 9.98. The van der Waals surface area contributed by atoms with E-state index in [0.29, 0.717) is 37.2 Å². The molecule has 1 aliphatic rings. The smallest absolute Gasteiger partial charge is 0.243 e. The highest BCUT2D eigenvalue weighted by atomic mass is 32.2. The quantitative estimate of drug-likeness (QED) is 0.902. The zero-order chi connectivity index (χ0) is 14.1. The molecule has 0 saturated carbocycles. The van der Waals surface area contributed by atoms with E-state index in [4.69, 9.17) is 0 Å². The molecule has 0 bridgehead atoms. The first kappa shape index (κ1) is 14.5. The Labute approximate surface area is 115 Å². The van der Waals surface area contributed by atoms with Crippen molar-refractivity contribution >= 4 is 10.0 Å². The normalized spacial score (nSPS) is 26.1. The monoisotopic (exact) mass is 283 g/mol. The van der Waals surface area contributed by atoms with Crippen molar-refractivity contribution < 1.29 is 13.5 Å². The van der Waals surface area contributed by atoms with Gasteiger partial charge in [0.25, 0.3) is 0 Å². The van der Waals surface area contributed by atoms with Crippen molar-refractivity contribution in [3.8, 4) is 0 Å². The summed E-state index contributed by atoms with van der Waals surface area (Å²) in [5.74, 6) is 0. The van der Waals surface area contributed by atoms with Gasteiger partial charge in [0, 0.05) is 13.1 Å². The summed E-state index contributed by atoms with van der Waals surface area (Å²) in [6.45, 7) is 4.44. The van der Waals surface area contributed by atoms with E-state index in [1.807, 2.05) is 6.07 Å². The van der Waals surface area contributed by atoms with Crippen LogP contribution in [0.3, 0.4) is 0 Å². The Kier molecular flexibility index (Phi) is 3.99. The summed E-state index contributed by atoms with van der Waals surface area (Å²) >= 11 is 0. The molecule has 0 spiro atoms. The first-order valence-corrected chi connectivity index (χ1v) is 8.05. The fourth-order valence-electron chi connectivity index (χ4n) is 2.46. The Morgan fingerprint density at radius 2 is 1.89 bits per heavy atom. The SMILES string of the molecule is Cc1ccccc1S(=O)(=O)N1CCCC(C)(O)CC1. The molecule has 2 rings (SSSR count). The maximum absolute atomic E-state index is 12.6. The summed E-state index contributed by atoms with van der Waals surface area (Å²) in [5, 5.41) is 10.0. The zero-order valence-electron chi connectivity index (χ0n) is 11.5. The molecule has 4 nitrogen and oxygen atoms in total. The predicted molar refractivity (Wildman–Crippen MR) is 74.4 cm³/mol. The van der Waals surface area contributed by atoms with Crippen molar-refractivity contribution in [3.05, 3.63) is 29.8 Å². The molecular formula is C14H21NO3S. The first-order chi connectivity index (χ1) is 8.83. The van der Waals surface area contributed by atoms with Gasteiger partial charge < -0.3 is 5.11 Å². The van der Waals surface area contributed by atoms with Crippen molar-refractivity contribution in [2.75, 3.05) is 13.1 Å². The Morgan fingerprint density at radius 3 is 2.58 bits per heavy atom. The number of rotatable bonds is 2. The molecule has 0 radical (unpaired) electrons. The fraction of sp³-hybridized carbons (Fsp3) is 0.571. The number of nitrogens with zero attached hydrogens (tertiary/aromatic N) is 1. The summed E-state index contributed by atoms with van der Waals surface area (Å²) in [4.78, 5) is 0.372. The molecule has 1 aromatic carbocycles. The maximum atomic E-state index is 12.6. The third kappa shape index (κ3) is 3.16. The van der Waals surface area contributed by atoms with Crippen molar-refractivity contribution in [2.24, 2.45) is 0 Å². The molecule has 0 amide bonds. The fourth-order valence-corrected chi connectivity index (χ4v) is 4.17. The highest BCUT2D eigenvalue weighted by Gasteiger charge is 2.31. The predicted octanol–water partition coefficient (Wildman–Crippen LogP) is 1.92. The van der Waals surface area contributed by atoms with Crippen LogP contribution >= 0.6 is 0 Å². The van der Waals surface area contributed by atoms with Gasteiger partial charge in [-0.25, -0.2) is 8.42 Å². The average molecular weight is 283 g/mol. The van der Waals surface area contributed by atoms with E-state index in [0.717, 1.165) is 5.56 Å². The van der Waals surface area contributed by atoms with Crippen molar-refractivity contribution in [1.29, 1.82) is 0 Å². The van der Waals surface area contributed by atoms with E-state index >= 15 is 0 Å². The van der Waals surface area contributed by atoms with Gasteiger partial charge in [0.2, 0.25) is 10.0 Å². The van der Waals surface area contributed by atoms with E-state index in [1.54, 1.807) is 32.0 Å². The molecule has 19 heavy (non-hydrogen) atoms. The molecule has 1 unspecified atom stereocenters. The number of benzene rings is 1. The van der Waals surface area contributed by atoms with Gasteiger partial charge in [-0.3, -0.25) is 0 Å². The van der Waals surface area contributed by atoms with E-state index in [9.17, 15) is 13.5 Å². The molecule has 1 heterocycles. The molecule has 0 aromatic heterocycles. The van der Waals surface area contributed by atoms with Crippen LogP contribution in [-0.4, -0.2) is 36.5 Å². The summed E-state index contributed by atoms with van der Waals surface area (Å²) in [7, 11) is -3.44. The first-order valence-electron chi connectivity index (χ1n) is 6.61. The minimum absolute atomic E-state index is 0.372. The highest BCUT2D eigenvalue weighted by Crippen LogP contribution is 2.26. The van der Waals surface area contributed by atoms with E-state index in [-0.39, 0.29) is 0 Å². The van der Waals surface area contributed by atoms with Crippen LogP contribution < -0.4 is 0 Å². The Bertz CT molecular complexity index is 552. The van der Waals surface area contributed by atoms with E-state index in [2.05, 4.69) is 0 Å². The van der Waals surface area contributed by atoms with Crippen LogP contribution in [0.1, 0.15) is 31.7 Å². The minimum Gasteiger partial charge on any atom is -0.390 e. The minimum atomic E-state index is -3.44. The van der Waals surface area contributed by atoms with E-state index in [1.165, 1.54) is 4.31 Å². The molecule has 5 heteroatoms. The molecule has 1 saturated heterocycles. The van der Waals surface area contributed by atoms with Crippen LogP contribution in [0, 0.1) is 6.92 Å². The van der Waals surface area contributed by atoms with Crippen LogP contribution in [0.5, 0.6) is 0 Å². The highest BCUT2D eigenvalue weighted by molar-refractivity contribution is 7.89. The molecule has 1 atom stereocenters. The number of aryl methyl sites for hydroxylation is 1.